The standard InChI is InChI=1S/C16H22O4/c1-4-6-12-11-8-5-7-10(11)9-13(15(17)19-2)14(12)16(18)20-3/h12H,4-9H2,1-3H3. The molecule has 110 valence electrons. The summed E-state index contributed by atoms with van der Waals surface area (Å²) in [4.78, 5) is 24.2. The van der Waals surface area contributed by atoms with Gasteiger partial charge >= 0.3 is 11.9 Å². The molecule has 2 aliphatic rings. The molecule has 0 amide bonds. The van der Waals surface area contributed by atoms with E-state index in [-0.39, 0.29) is 11.9 Å². The fraction of sp³-hybridized carbons (Fsp3) is 0.625. The van der Waals surface area contributed by atoms with E-state index >= 15 is 0 Å². The van der Waals surface area contributed by atoms with Crippen LogP contribution in [0.15, 0.2) is 22.3 Å². The highest BCUT2D eigenvalue weighted by molar-refractivity contribution is 6.02. The lowest BCUT2D eigenvalue weighted by molar-refractivity contribution is -0.140. The topological polar surface area (TPSA) is 52.6 Å². The minimum Gasteiger partial charge on any atom is -0.466 e. The summed E-state index contributed by atoms with van der Waals surface area (Å²) < 4.78 is 9.77. The van der Waals surface area contributed by atoms with Crippen molar-refractivity contribution in [3.63, 3.8) is 0 Å². The molecule has 1 unspecified atom stereocenters. The van der Waals surface area contributed by atoms with Crippen LogP contribution in [0.3, 0.4) is 0 Å². The number of carbonyl (C=O) groups is 2. The van der Waals surface area contributed by atoms with Gasteiger partial charge < -0.3 is 9.47 Å². The lowest BCUT2D eigenvalue weighted by Gasteiger charge is -2.28. The molecule has 0 spiro atoms. The Morgan fingerprint density at radius 2 is 1.85 bits per heavy atom. The average molecular weight is 278 g/mol. The second-order valence-electron chi connectivity index (χ2n) is 5.38. The molecule has 0 saturated carbocycles. The van der Waals surface area contributed by atoms with Crippen LogP contribution in [-0.2, 0) is 19.1 Å². The molecule has 4 heteroatoms. The van der Waals surface area contributed by atoms with Crippen LogP contribution >= 0.6 is 0 Å². The van der Waals surface area contributed by atoms with Crippen molar-refractivity contribution < 1.29 is 19.1 Å². The summed E-state index contributed by atoms with van der Waals surface area (Å²) in [7, 11) is 2.73. The highest BCUT2D eigenvalue weighted by Crippen LogP contribution is 2.45. The van der Waals surface area contributed by atoms with Crippen LogP contribution < -0.4 is 0 Å². The lowest BCUT2D eigenvalue weighted by Crippen LogP contribution is -2.25. The van der Waals surface area contributed by atoms with Gasteiger partial charge in [0.15, 0.2) is 0 Å². The van der Waals surface area contributed by atoms with E-state index in [2.05, 4.69) is 6.92 Å². The molecule has 0 aromatic heterocycles. The predicted molar refractivity (Wildman–Crippen MR) is 75.0 cm³/mol. The first kappa shape index (κ1) is 14.8. The number of methoxy groups -OCH3 is 2. The Morgan fingerprint density at radius 3 is 2.45 bits per heavy atom. The van der Waals surface area contributed by atoms with E-state index in [0.29, 0.717) is 17.6 Å². The van der Waals surface area contributed by atoms with Gasteiger partial charge in [0.1, 0.15) is 0 Å². The Morgan fingerprint density at radius 1 is 1.15 bits per heavy atom. The van der Waals surface area contributed by atoms with Gasteiger partial charge in [-0.05, 0) is 25.7 Å². The highest BCUT2D eigenvalue weighted by Gasteiger charge is 2.37. The molecule has 0 aromatic rings. The van der Waals surface area contributed by atoms with Gasteiger partial charge in [0, 0.05) is 12.3 Å². The monoisotopic (exact) mass is 278 g/mol. The van der Waals surface area contributed by atoms with Gasteiger partial charge in [-0.2, -0.15) is 0 Å². The third-order valence-corrected chi connectivity index (χ3v) is 4.28. The van der Waals surface area contributed by atoms with Gasteiger partial charge in [-0.3, -0.25) is 0 Å². The third kappa shape index (κ3) is 2.51. The largest absolute Gasteiger partial charge is 0.466 e. The minimum absolute atomic E-state index is 0.0350. The van der Waals surface area contributed by atoms with Gasteiger partial charge in [0.2, 0.25) is 0 Å². The van der Waals surface area contributed by atoms with E-state index in [1.165, 1.54) is 25.4 Å². The molecule has 0 saturated heterocycles. The van der Waals surface area contributed by atoms with Gasteiger partial charge in [0.25, 0.3) is 0 Å². The summed E-state index contributed by atoms with van der Waals surface area (Å²) in [5.74, 6) is -0.750. The first-order valence-corrected chi connectivity index (χ1v) is 7.24. The number of allylic oxidation sites excluding steroid dienone is 2. The Hall–Kier alpha value is -1.58. The lowest BCUT2D eigenvalue weighted by atomic mass is 9.76. The highest BCUT2D eigenvalue weighted by atomic mass is 16.5. The molecule has 2 aliphatic carbocycles. The zero-order chi connectivity index (χ0) is 14.7. The molecular formula is C16H22O4. The van der Waals surface area contributed by atoms with E-state index in [9.17, 15) is 9.59 Å². The van der Waals surface area contributed by atoms with E-state index in [4.69, 9.17) is 9.47 Å². The van der Waals surface area contributed by atoms with Crippen molar-refractivity contribution >= 4 is 11.9 Å². The summed E-state index contributed by atoms with van der Waals surface area (Å²) in [6.45, 7) is 2.09. The van der Waals surface area contributed by atoms with Gasteiger partial charge in [-0.25, -0.2) is 9.59 Å². The molecule has 0 radical (unpaired) electrons. The van der Waals surface area contributed by atoms with Crippen molar-refractivity contribution in [2.75, 3.05) is 14.2 Å². The van der Waals surface area contributed by atoms with E-state index in [0.717, 1.165) is 32.1 Å². The number of carbonyl (C=O) groups excluding carboxylic acids is 2. The van der Waals surface area contributed by atoms with Crippen molar-refractivity contribution in [2.24, 2.45) is 5.92 Å². The number of esters is 2. The van der Waals surface area contributed by atoms with Crippen LogP contribution in [0, 0.1) is 5.92 Å². The van der Waals surface area contributed by atoms with E-state index < -0.39 is 5.97 Å². The maximum Gasteiger partial charge on any atom is 0.334 e. The number of rotatable bonds is 4. The second kappa shape index (κ2) is 6.25. The van der Waals surface area contributed by atoms with Gasteiger partial charge in [-0.1, -0.05) is 24.5 Å². The second-order valence-corrected chi connectivity index (χ2v) is 5.38. The summed E-state index contributed by atoms with van der Waals surface area (Å²) >= 11 is 0. The van der Waals surface area contributed by atoms with Crippen molar-refractivity contribution in [3.8, 4) is 0 Å². The van der Waals surface area contributed by atoms with Gasteiger partial charge in [-0.15, -0.1) is 0 Å². The third-order valence-electron chi connectivity index (χ3n) is 4.28. The number of hydrogen-bond acceptors (Lipinski definition) is 4. The van der Waals surface area contributed by atoms with Crippen molar-refractivity contribution in [1.82, 2.24) is 0 Å². The molecule has 0 fully saturated rings. The van der Waals surface area contributed by atoms with Gasteiger partial charge in [0.05, 0.1) is 25.4 Å². The first-order chi connectivity index (χ1) is 9.63. The molecule has 0 bridgehead atoms. The summed E-state index contributed by atoms with van der Waals surface area (Å²) in [5.41, 5.74) is 3.72. The molecule has 20 heavy (non-hydrogen) atoms. The number of ether oxygens (including phenoxy) is 2. The van der Waals surface area contributed by atoms with Crippen LogP contribution in [-0.4, -0.2) is 26.2 Å². The van der Waals surface area contributed by atoms with Crippen molar-refractivity contribution in [2.45, 2.75) is 45.4 Å². The average Bonchev–Trinajstić information content (AvgIpc) is 2.93. The van der Waals surface area contributed by atoms with Crippen molar-refractivity contribution in [3.05, 3.63) is 22.3 Å². The summed E-state index contributed by atoms with van der Waals surface area (Å²) in [6.07, 6.45) is 5.58. The first-order valence-electron chi connectivity index (χ1n) is 7.24. The molecular weight excluding hydrogens is 256 g/mol. The summed E-state index contributed by atoms with van der Waals surface area (Å²) in [5, 5.41) is 0. The minimum atomic E-state index is -0.398. The predicted octanol–water partition coefficient (Wildman–Crippen LogP) is 2.93. The molecule has 2 rings (SSSR count). The number of hydrogen-bond donors (Lipinski definition) is 0. The van der Waals surface area contributed by atoms with Crippen LogP contribution in [0.2, 0.25) is 0 Å². The van der Waals surface area contributed by atoms with Crippen LogP contribution in [0.1, 0.15) is 45.4 Å². The van der Waals surface area contributed by atoms with E-state index in [1.54, 1.807) is 0 Å². The summed E-state index contributed by atoms with van der Waals surface area (Å²) in [6, 6.07) is 0. The SMILES string of the molecule is CCCC1C2=C(CCC2)CC(C(=O)OC)=C1C(=O)OC. The maximum absolute atomic E-state index is 12.2. The van der Waals surface area contributed by atoms with Crippen LogP contribution in [0.4, 0.5) is 0 Å². The Kier molecular flexibility index (Phi) is 4.63. The normalized spacial score (nSPS) is 21.9. The smallest absolute Gasteiger partial charge is 0.334 e. The van der Waals surface area contributed by atoms with Crippen molar-refractivity contribution in [1.29, 1.82) is 0 Å². The fourth-order valence-electron chi connectivity index (χ4n) is 3.43. The zero-order valence-corrected chi connectivity index (χ0v) is 12.5. The van der Waals surface area contributed by atoms with E-state index in [1.807, 2.05) is 0 Å². The molecule has 0 heterocycles. The molecule has 0 N–H and O–H groups in total. The molecule has 4 nitrogen and oxygen atoms in total. The molecule has 0 aromatic carbocycles. The molecule has 0 aliphatic heterocycles. The fourth-order valence-corrected chi connectivity index (χ4v) is 3.43. The quantitative estimate of drug-likeness (QED) is 0.586. The Balaban J connectivity index is 2.48. The molecule has 1 atom stereocenters. The van der Waals surface area contributed by atoms with Crippen LogP contribution in [0.25, 0.3) is 0 Å². The van der Waals surface area contributed by atoms with Crippen LogP contribution in [0.5, 0.6) is 0 Å². The zero-order valence-electron chi connectivity index (χ0n) is 12.5. The Bertz CT molecular complexity index is 485. The maximum atomic E-state index is 12.2. The Labute approximate surface area is 119 Å².